The zero-order valence-electron chi connectivity index (χ0n) is 16.7. The van der Waals surface area contributed by atoms with Crippen LogP contribution in [0.3, 0.4) is 0 Å². The summed E-state index contributed by atoms with van der Waals surface area (Å²) in [5.74, 6) is 0.534. The van der Waals surface area contributed by atoms with Gasteiger partial charge in [0.25, 0.3) is 5.56 Å². The van der Waals surface area contributed by atoms with Crippen molar-refractivity contribution in [3.8, 4) is 5.69 Å². The predicted molar refractivity (Wildman–Crippen MR) is 120 cm³/mol. The summed E-state index contributed by atoms with van der Waals surface area (Å²) in [6.45, 7) is 3.32. The van der Waals surface area contributed by atoms with Gasteiger partial charge in [0.05, 0.1) is 11.6 Å². The van der Waals surface area contributed by atoms with Gasteiger partial charge in [0.15, 0.2) is 0 Å². The Balaban J connectivity index is 1.53. The molecule has 1 N–H and O–H groups in total. The Kier molecular flexibility index (Phi) is 5.86. The molecule has 1 atom stereocenters. The van der Waals surface area contributed by atoms with Crippen LogP contribution in [-0.4, -0.2) is 28.8 Å². The van der Waals surface area contributed by atoms with E-state index >= 15 is 0 Å². The van der Waals surface area contributed by atoms with E-state index in [4.69, 9.17) is 11.6 Å². The molecule has 1 amide bonds. The van der Waals surface area contributed by atoms with Crippen molar-refractivity contribution < 1.29 is 4.79 Å². The van der Waals surface area contributed by atoms with Crippen LogP contribution in [0.2, 0.25) is 5.02 Å². The Hall–Kier alpha value is -3.12. The minimum absolute atomic E-state index is 0.0113. The number of halogens is 1. The second-order valence-corrected chi connectivity index (χ2v) is 7.95. The molecule has 7 heteroatoms. The summed E-state index contributed by atoms with van der Waals surface area (Å²) in [4.78, 5) is 27.3. The van der Waals surface area contributed by atoms with Gasteiger partial charge in [-0.25, -0.2) is 0 Å². The van der Waals surface area contributed by atoms with Crippen LogP contribution in [0.25, 0.3) is 5.69 Å². The lowest BCUT2D eigenvalue weighted by atomic mass is 9.97. The first-order valence-electron chi connectivity index (χ1n) is 9.99. The Bertz CT molecular complexity index is 1130. The number of para-hydroxylation sites is 1. The molecule has 0 spiro atoms. The predicted octanol–water partition coefficient (Wildman–Crippen LogP) is 4.05. The lowest BCUT2D eigenvalue weighted by molar-refractivity contribution is -0.120. The largest absolute Gasteiger partial charge is 0.354 e. The maximum atomic E-state index is 12.8. The van der Waals surface area contributed by atoms with Crippen LogP contribution in [0.5, 0.6) is 0 Å². The number of nitrogens with zero attached hydrogens (tertiary/aromatic N) is 3. The number of benzene rings is 2. The van der Waals surface area contributed by atoms with E-state index in [2.05, 4.69) is 15.3 Å². The molecule has 30 heavy (non-hydrogen) atoms. The summed E-state index contributed by atoms with van der Waals surface area (Å²) in [7, 11) is 0. The number of aryl methyl sites for hydroxylation is 1. The number of rotatable bonds is 4. The maximum absolute atomic E-state index is 12.8. The van der Waals surface area contributed by atoms with Gasteiger partial charge in [0.1, 0.15) is 5.82 Å². The summed E-state index contributed by atoms with van der Waals surface area (Å²) in [5.41, 5.74) is 2.26. The van der Waals surface area contributed by atoms with Crippen molar-refractivity contribution in [2.45, 2.75) is 19.8 Å². The van der Waals surface area contributed by atoms with Crippen molar-refractivity contribution in [3.05, 3.63) is 81.6 Å². The SMILES string of the molecule is Cc1ccccc1NC(=O)[C@H]1CCCN(c2ccc(=O)n(-c3cccc(Cl)c3)n2)C1. The van der Waals surface area contributed by atoms with Crippen molar-refractivity contribution in [1.82, 2.24) is 9.78 Å². The number of aromatic nitrogens is 2. The van der Waals surface area contributed by atoms with Crippen LogP contribution < -0.4 is 15.8 Å². The monoisotopic (exact) mass is 422 g/mol. The van der Waals surface area contributed by atoms with Crippen molar-refractivity contribution >= 4 is 29.0 Å². The molecule has 0 saturated carbocycles. The normalized spacial score (nSPS) is 16.3. The fourth-order valence-corrected chi connectivity index (χ4v) is 3.89. The number of nitrogens with one attached hydrogen (secondary N) is 1. The van der Waals surface area contributed by atoms with E-state index in [1.807, 2.05) is 31.2 Å². The van der Waals surface area contributed by atoms with E-state index < -0.39 is 0 Å². The van der Waals surface area contributed by atoms with Gasteiger partial charge in [-0.3, -0.25) is 9.59 Å². The van der Waals surface area contributed by atoms with Crippen LogP contribution in [0.1, 0.15) is 18.4 Å². The minimum atomic E-state index is -0.230. The average molecular weight is 423 g/mol. The van der Waals surface area contributed by atoms with Gasteiger partial charge < -0.3 is 10.2 Å². The molecular formula is C23H23ClN4O2. The molecule has 2 heterocycles. The Morgan fingerprint density at radius 1 is 1.13 bits per heavy atom. The second-order valence-electron chi connectivity index (χ2n) is 7.51. The second kappa shape index (κ2) is 8.71. The van der Waals surface area contributed by atoms with E-state index in [9.17, 15) is 9.59 Å². The third kappa shape index (κ3) is 4.39. The van der Waals surface area contributed by atoms with Crippen LogP contribution in [-0.2, 0) is 4.79 Å². The highest BCUT2D eigenvalue weighted by atomic mass is 35.5. The fourth-order valence-electron chi connectivity index (χ4n) is 3.71. The van der Waals surface area contributed by atoms with Gasteiger partial charge in [-0.2, -0.15) is 4.68 Å². The molecule has 0 bridgehead atoms. The van der Waals surface area contributed by atoms with E-state index in [0.717, 1.165) is 30.6 Å². The Labute approximate surface area is 180 Å². The molecule has 1 fully saturated rings. The first-order chi connectivity index (χ1) is 14.5. The molecule has 154 valence electrons. The summed E-state index contributed by atoms with van der Waals surface area (Å²) in [5, 5.41) is 8.13. The summed E-state index contributed by atoms with van der Waals surface area (Å²) < 4.78 is 1.35. The number of carbonyl (C=O) groups excluding carboxylic acids is 1. The van der Waals surface area contributed by atoms with Crippen LogP contribution in [0.15, 0.2) is 65.5 Å². The number of carbonyl (C=O) groups is 1. The van der Waals surface area contributed by atoms with Crippen LogP contribution in [0.4, 0.5) is 11.5 Å². The first kappa shape index (κ1) is 20.2. The van der Waals surface area contributed by atoms with Gasteiger partial charge >= 0.3 is 0 Å². The summed E-state index contributed by atoms with van der Waals surface area (Å²) in [6, 6.07) is 18.0. The molecule has 2 aromatic carbocycles. The van der Waals surface area contributed by atoms with Crippen molar-refractivity contribution in [1.29, 1.82) is 0 Å². The molecule has 1 aliphatic heterocycles. The lowest BCUT2D eigenvalue weighted by Crippen LogP contribution is -2.41. The highest BCUT2D eigenvalue weighted by Gasteiger charge is 2.27. The number of hydrogen-bond acceptors (Lipinski definition) is 4. The molecule has 1 saturated heterocycles. The molecule has 1 aliphatic rings. The molecule has 1 aromatic heterocycles. The van der Waals surface area contributed by atoms with Crippen LogP contribution >= 0.6 is 11.6 Å². The third-order valence-electron chi connectivity index (χ3n) is 5.36. The molecule has 0 radical (unpaired) electrons. The summed E-state index contributed by atoms with van der Waals surface area (Å²) in [6.07, 6.45) is 1.70. The number of amides is 1. The maximum Gasteiger partial charge on any atom is 0.271 e. The number of piperidine rings is 1. The quantitative estimate of drug-likeness (QED) is 0.688. The van der Waals surface area contributed by atoms with Gasteiger partial charge in [-0.1, -0.05) is 35.9 Å². The molecular weight excluding hydrogens is 400 g/mol. The zero-order valence-corrected chi connectivity index (χ0v) is 17.5. The van der Waals surface area contributed by atoms with Crippen molar-refractivity contribution in [2.75, 3.05) is 23.3 Å². The highest BCUT2D eigenvalue weighted by molar-refractivity contribution is 6.30. The minimum Gasteiger partial charge on any atom is -0.354 e. The lowest BCUT2D eigenvalue weighted by Gasteiger charge is -2.33. The van der Waals surface area contributed by atoms with E-state index in [-0.39, 0.29) is 17.4 Å². The first-order valence-corrected chi connectivity index (χ1v) is 10.4. The average Bonchev–Trinajstić information content (AvgIpc) is 2.76. The zero-order chi connectivity index (χ0) is 21.1. The van der Waals surface area contributed by atoms with Gasteiger partial charge in [0, 0.05) is 29.9 Å². The van der Waals surface area contributed by atoms with Crippen LogP contribution in [0, 0.1) is 12.8 Å². The number of hydrogen-bond donors (Lipinski definition) is 1. The third-order valence-corrected chi connectivity index (χ3v) is 5.59. The fraction of sp³-hybridized carbons (Fsp3) is 0.261. The van der Waals surface area contributed by atoms with Crippen molar-refractivity contribution in [2.24, 2.45) is 5.92 Å². The topological polar surface area (TPSA) is 67.2 Å². The van der Waals surface area contributed by atoms with Crippen molar-refractivity contribution in [3.63, 3.8) is 0 Å². The number of anilines is 2. The van der Waals surface area contributed by atoms with Gasteiger partial charge in [0.2, 0.25) is 5.91 Å². The van der Waals surface area contributed by atoms with E-state index in [1.165, 1.54) is 10.7 Å². The van der Waals surface area contributed by atoms with Gasteiger partial charge in [-0.15, -0.1) is 5.10 Å². The Morgan fingerprint density at radius 3 is 2.77 bits per heavy atom. The molecule has 3 aromatic rings. The summed E-state index contributed by atoms with van der Waals surface area (Å²) >= 11 is 6.07. The molecule has 6 nitrogen and oxygen atoms in total. The molecule has 0 unspecified atom stereocenters. The van der Waals surface area contributed by atoms with E-state index in [1.54, 1.807) is 30.3 Å². The van der Waals surface area contributed by atoms with E-state index in [0.29, 0.717) is 23.1 Å². The Morgan fingerprint density at radius 2 is 1.97 bits per heavy atom. The standard InChI is InChI=1S/C23H23ClN4O2/c1-16-6-2-3-10-20(16)25-23(30)17-7-5-13-27(15-17)21-11-12-22(29)28(26-21)19-9-4-8-18(24)14-19/h2-4,6,8-12,14,17H,5,7,13,15H2,1H3,(H,25,30)/t17-/m0/s1. The highest BCUT2D eigenvalue weighted by Crippen LogP contribution is 2.24. The molecule has 4 rings (SSSR count). The van der Waals surface area contributed by atoms with Gasteiger partial charge in [-0.05, 0) is 55.7 Å². The molecule has 0 aliphatic carbocycles. The smallest absolute Gasteiger partial charge is 0.271 e.